The van der Waals surface area contributed by atoms with Crippen molar-refractivity contribution in [2.24, 2.45) is 0 Å². The lowest BCUT2D eigenvalue weighted by Gasteiger charge is -2.04. The highest BCUT2D eigenvalue weighted by Gasteiger charge is 2.13. The molecular weight excluding hydrogens is 292 g/mol. The molecule has 0 atom stereocenters. The number of rotatable bonds is 6. The van der Waals surface area contributed by atoms with E-state index in [0.29, 0.717) is 13.0 Å². The number of hydrogen-bond acceptors (Lipinski definition) is 6. The lowest BCUT2D eigenvalue weighted by atomic mass is 10.2. The second-order valence-corrected chi connectivity index (χ2v) is 5.44. The van der Waals surface area contributed by atoms with Crippen LogP contribution in [0.15, 0.2) is 23.6 Å². The van der Waals surface area contributed by atoms with Crippen molar-refractivity contribution in [1.29, 1.82) is 0 Å². The van der Waals surface area contributed by atoms with Gasteiger partial charge in [-0.2, -0.15) is 0 Å². The van der Waals surface area contributed by atoms with E-state index in [4.69, 9.17) is 14.6 Å². The summed E-state index contributed by atoms with van der Waals surface area (Å²) >= 11 is 1.47. The van der Waals surface area contributed by atoms with E-state index in [2.05, 4.69) is 10.3 Å². The van der Waals surface area contributed by atoms with Gasteiger partial charge in [-0.15, -0.1) is 11.3 Å². The van der Waals surface area contributed by atoms with E-state index in [1.165, 1.54) is 11.3 Å². The van der Waals surface area contributed by atoms with E-state index in [9.17, 15) is 4.79 Å². The van der Waals surface area contributed by atoms with Crippen LogP contribution in [-0.2, 0) is 17.8 Å². The number of hydrogen-bond donors (Lipinski definition) is 2. The summed E-state index contributed by atoms with van der Waals surface area (Å²) in [7, 11) is 0. The molecule has 0 saturated carbocycles. The maximum absolute atomic E-state index is 10.5. The van der Waals surface area contributed by atoms with E-state index in [-0.39, 0.29) is 13.2 Å². The molecule has 3 rings (SSSR count). The molecule has 2 heterocycles. The summed E-state index contributed by atoms with van der Waals surface area (Å²) in [6.07, 6.45) is 0.558. The minimum absolute atomic E-state index is 0.103. The summed E-state index contributed by atoms with van der Waals surface area (Å²) in [6, 6.07) is 5.80. The van der Waals surface area contributed by atoms with Crippen LogP contribution >= 0.6 is 11.3 Å². The number of fused-ring (bicyclic) bond motifs is 1. The van der Waals surface area contributed by atoms with Crippen molar-refractivity contribution >= 4 is 22.4 Å². The first kappa shape index (κ1) is 13.7. The van der Waals surface area contributed by atoms with Gasteiger partial charge in [0.05, 0.1) is 12.1 Å². The van der Waals surface area contributed by atoms with Crippen LogP contribution in [0.4, 0.5) is 5.13 Å². The summed E-state index contributed by atoms with van der Waals surface area (Å²) in [5.74, 6) is 0.720. The Morgan fingerprint density at radius 2 is 2.24 bits per heavy atom. The first-order valence-electron chi connectivity index (χ1n) is 6.49. The molecule has 1 aliphatic rings. The zero-order chi connectivity index (χ0) is 14.7. The second kappa shape index (κ2) is 6.01. The highest BCUT2D eigenvalue weighted by Crippen LogP contribution is 2.32. The van der Waals surface area contributed by atoms with Gasteiger partial charge >= 0.3 is 5.97 Å². The van der Waals surface area contributed by atoms with Gasteiger partial charge in [0.2, 0.25) is 6.79 Å². The Morgan fingerprint density at radius 1 is 1.38 bits per heavy atom. The van der Waals surface area contributed by atoms with Gasteiger partial charge in [-0.3, -0.25) is 4.79 Å². The number of aryl methyl sites for hydroxylation is 1. The van der Waals surface area contributed by atoms with E-state index >= 15 is 0 Å². The quantitative estimate of drug-likeness (QED) is 0.853. The van der Waals surface area contributed by atoms with E-state index in [0.717, 1.165) is 27.9 Å². The highest BCUT2D eigenvalue weighted by atomic mass is 32.1. The maximum Gasteiger partial charge on any atom is 0.303 e. The molecule has 110 valence electrons. The first-order valence-corrected chi connectivity index (χ1v) is 7.37. The van der Waals surface area contributed by atoms with Gasteiger partial charge < -0.3 is 19.9 Å². The number of thiazole rings is 1. The fraction of sp³-hybridized carbons (Fsp3) is 0.286. The molecule has 21 heavy (non-hydrogen) atoms. The summed E-state index contributed by atoms with van der Waals surface area (Å²) in [4.78, 5) is 14.9. The SMILES string of the molecule is O=C(O)CCc1csc(NCc2ccc3c(c2)OCO3)n1. The highest BCUT2D eigenvalue weighted by molar-refractivity contribution is 7.13. The van der Waals surface area contributed by atoms with Gasteiger partial charge in [0, 0.05) is 18.3 Å². The first-order chi connectivity index (χ1) is 10.2. The molecular formula is C14H14N2O4S. The Bertz CT molecular complexity index is 656. The van der Waals surface area contributed by atoms with Crippen molar-refractivity contribution in [1.82, 2.24) is 4.98 Å². The van der Waals surface area contributed by atoms with Crippen LogP contribution in [0.1, 0.15) is 17.7 Å². The molecule has 0 fully saturated rings. The maximum atomic E-state index is 10.5. The molecule has 7 heteroatoms. The molecule has 1 aliphatic heterocycles. The van der Waals surface area contributed by atoms with Gasteiger partial charge in [-0.1, -0.05) is 6.07 Å². The summed E-state index contributed by atoms with van der Waals surface area (Å²) in [5, 5.41) is 14.5. The Balaban J connectivity index is 1.56. The topological polar surface area (TPSA) is 80.7 Å². The molecule has 2 N–H and O–H groups in total. The van der Waals surface area contributed by atoms with Gasteiger partial charge in [-0.05, 0) is 17.7 Å². The second-order valence-electron chi connectivity index (χ2n) is 4.58. The summed E-state index contributed by atoms with van der Waals surface area (Å²) in [5.41, 5.74) is 1.87. The lowest BCUT2D eigenvalue weighted by Crippen LogP contribution is -2.00. The minimum atomic E-state index is -0.808. The molecule has 0 unspecified atom stereocenters. The Morgan fingerprint density at radius 3 is 3.10 bits per heavy atom. The fourth-order valence-electron chi connectivity index (χ4n) is 1.97. The zero-order valence-electron chi connectivity index (χ0n) is 11.2. The average molecular weight is 306 g/mol. The number of aliphatic carboxylic acids is 1. The van der Waals surface area contributed by atoms with Crippen molar-refractivity contribution in [2.45, 2.75) is 19.4 Å². The van der Waals surface area contributed by atoms with E-state index in [1.807, 2.05) is 23.6 Å². The molecule has 0 spiro atoms. The van der Waals surface area contributed by atoms with Crippen molar-refractivity contribution in [2.75, 3.05) is 12.1 Å². The molecule has 0 saturated heterocycles. The summed E-state index contributed by atoms with van der Waals surface area (Å²) in [6.45, 7) is 0.897. The van der Waals surface area contributed by atoms with Crippen LogP contribution in [0, 0.1) is 0 Å². The molecule has 1 aromatic heterocycles. The third kappa shape index (κ3) is 3.43. The number of nitrogens with one attached hydrogen (secondary N) is 1. The van der Waals surface area contributed by atoms with Crippen molar-refractivity contribution in [3.05, 3.63) is 34.8 Å². The van der Waals surface area contributed by atoms with Gasteiger partial charge in [0.25, 0.3) is 0 Å². The van der Waals surface area contributed by atoms with Crippen LogP contribution in [0.2, 0.25) is 0 Å². The van der Waals surface area contributed by atoms with Crippen LogP contribution in [0.5, 0.6) is 11.5 Å². The Hall–Kier alpha value is -2.28. The minimum Gasteiger partial charge on any atom is -0.481 e. The van der Waals surface area contributed by atoms with Crippen LogP contribution in [0.3, 0.4) is 0 Å². The number of aromatic nitrogens is 1. The molecule has 0 amide bonds. The summed E-state index contributed by atoms with van der Waals surface area (Å²) < 4.78 is 10.6. The normalized spacial score (nSPS) is 12.4. The number of carboxylic acids is 1. The number of nitrogens with zero attached hydrogens (tertiary/aromatic N) is 1. The van der Waals surface area contributed by atoms with Gasteiger partial charge in [0.15, 0.2) is 16.6 Å². The number of carbonyl (C=O) groups is 1. The van der Waals surface area contributed by atoms with E-state index < -0.39 is 5.97 Å². The van der Waals surface area contributed by atoms with Crippen molar-refractivity contribution in [3.63, 3.8) is 0 Å². The lowest BCUT2D eigenvalue weighted by molar-refractivity contribution is -0.136. The standard InChI is InChI=1S/C14H14N2O4S/c17-13(18)4-2-10-7-21-14(16-10)15-6-9-1-3-11-12(5-9)20-8-19-11/h1,3,5,7H,2,4,6,8H2,(H,15,16)(H,17,18). The number of anilines is 1. The molecule has 0 radical (unpaired) electrons. The smallest absolute Gasteiger partial charge is 0.303 e. The number of benzene rings is 1. The average Bonchev–Trinajstić information content (AvgIpc) is 3.11. The van der Waals surface area contributed by atoms with Crippen LogP contribution in [-0.4, -0.2) is 22.9 Å². The van der Waals surface area contributed by atoms with Crippen LogP contribution < -0.4 is 14.8 Å². The molecule has 2 aromatic rings. The molecule has 6 nitrogen and oxygen atoms in total. The van der Waals surface area contributed by atoms with Crippen molar-refractivity contribution in [3.8, 4) is 11.5 Å². The Kier molecular flexibility index (Phi) is 3.92. The number of ether oxygens (including phenoxy) is 2. The zero-order valence-corrected chi connectivity index (χ0v) is 12.0. The fourth-order valence-corrected chi connectivity index (χ4v) is 2.71. The van der Waals surface area contributed by atoms with E-state index in [1.54, 1.807) is 0 Å². The largest absolute Gasteiger partial charge is 0.481 e. The molecule has 0 aliphatic carbocycles. The predicted molar refractivity (Wildman–Crippen MR) is 78.0 cm³/mol. The molecule has 1 aromatic carbocycles. The predicted octanol–water partition coefficient (Wildman–Crippen LogP) is 2.50. The van der Waals surface area contributed by atoms with Gasteiger partial charge in [0.1, 0.15) is 0 Å². The van der Waals surface area contributed by atoms with Crippen molar-refractivity contribution < 1.29 is 19.4 Å². The third-order valence-electron chi connectivity index (χ3n) is 3.03. The van der Waals surface area contributed by atoms with Crippen LogP contribution in [0.25, 0.3) is 0 Å². The molecule has 0 bridgehead atoms. The van der Waals surface area contributed by atoms with Gasteiger partial charge in [-0.25, -0.2) is 4.98 Å². The number of carboxylic acid groups (broad SMARTS) is 1. The monoisotopic (exact) mass is 306 g/mol. The Labute approximate surface area is 125 Å². The third-order valence-corrected chi connectivity index (χ3v) is 3.88.